The van der Waals surface area contributed by atoms with Crippen molar-refractivity contribution >= 4 is 21.8 Å². The van der Waals surface area contributed by atoms with Crippen molar-refractivity contribution in [1.82, 2.24) is 4.90 Å². The Morgan fingerprint density at radius 3 is 2.67 bits per heavy atom. The van der Waals surface area contributed by atoms with Crippen LogP contribution in [0.5, 0.6) is 0 Å². The van der Waals surface area contributed by atoms with Gasteiger partial charge in [0.2, 0.25) is 5.91 Å². The van der Waals surface area contributed by atoms with E-state index in [-0.39, 0.29) is 18.4 Å². The van der Waals surface area contributed by atoms with Crippen LogP contribution in [-0.2, 0) is 4.79 Å². The van der Waals surface area contributed by atoms with E-state index in [2.05, 4.69) is 15.9 Å². The largest absolute Gasteiger partial charge is 0.396 e. The Hall–Kier alpha value is -0.910. The summed E-state index contributed by atoms with van der Waals surface area (Å²) in [7, 11) is 0. The van der Waals surface area contributed by atoms with Crippen molar-refractivity contribution in [3.8, 4) is 0 Å². The van der Waals surface area contributed by atoms with Gasteiger partial charge in [-0.1, -0.05) is 28.1 Å². The predicted molar refractivity (Wildman–Crippen MR) is 72.8 cm³/mol. The number of carbonyl (C=O) groups is 1. The Kier molecular flexibility index (Phi) is 4.37. The smallest absolute Gasteiger partial charge is 0.239 e. The molecule has 0 saturated carbocycles. The van der Waals surface area contributed by atoms with E-state index >= 15 is 0 Å². The van der Waals surface area contributed by atoms with Gasteiger partial charge in [0.25, 0.3) is 0 Å². The maximum atomic E-state index is 11.7. The fourth-order valence-electron chi connectivity index (χ4n) is 2.45. The Labute approximate surface area is 115 Å². The van der Waals surface area contributed by atoms with Gasteiger partial charge in [-0.25, -0.2) is 0 Å². The Bertz CT molecular complexity index is 422. The van der Waals surface area contributed by atoms with Crippen LogP contribution in [0.3, 0.4) is 0 Å². The number of carbonyl (C=O) groups excluding carboxylic acids is 1. The average molecular weight is 313 g/mol. The number of halogens is 1. The molecule has 1 aromatic rings. The molecule has 98 valence electrons. The van der Waals surface area contributed by atoms with Gasteiger partial charge in [0, 0.05) is 17.6 Å². The zero-order valence-corrected chi connectivity index (χ0v) is 11.6. The van der Waals surface area contributed by atoms with Crippen molar-refractivity contribution in [2.45, 2.75) is 12.5 Å². The summed E-state index contributed by atoms with van der Waals surface area (Å²) in [6.07, 6.45) is 0.914. The summed E-state index contributed by atoms with van der Waals surface area (Å²) in [6, 6.07) is 7.24. The number of primary amides is 1. The number of hydrogen-bond acceptors (Lipinski definition) is 3. The minimum absolute atomic E-state index is 0.169. The lowest BCUT2D eigenvalue weighted by atomic mass is 10.1. The first kappa shape index (κ1) is 13.5. The molecule has 2 unspecified atom stereocenters. The summed E-state index contributed by atoms with van der Waals surface area (Å²) in [5.41, 5.74) is 6.43. The topological polar surface area (TPSA) is 66.6 Å². The van der Waals surface area contributed by atoms with E-state index in [1.54, 1.807) is 0 Å². The molecule has 1 aliphatic rings. The van der Waals surface area contributed by atoms with Crippen molar-refractivity contribution in [3.63, 3.8) is 0 Å². The fraction of sp³-hybridized carbons (Fsp3) is 0.462. The summed E-state index contributed by atoms with van der Waals surface area (Å²) in [6.45, 7) is 1.69. The molecule has 0 spiro atoms. The summed E-state index contributed by atoms with van der Waals surface area (Å²) in [5, 5.41) is 9.16. The predicted octanol–water partition coefficient (Wildman–Crippen LogP) is 1.29. The van der Waals surface area contributed by atoms with Crippen LogP contribution in [0, 0.1) is 5.92 Å². The maximum absolute atomic E-state index is 11.7. The average Bonchev–Trinajstić information content (AvgIpc) is 2.80. The van der Waals surface area contributed by atoms with E-state index in [1.165, 1.54) is 0 Å². The standard InChI is InChI=1S/C13H17BrN2O2/c14-11-3-1-10(2-4-11)12(13(15)18)16-6-5-9(7-16)8-17/h1-4,9,12,17H,5-8H2,(H2,15,18). The Morgan fingerprint density at radius 2 is 2.17 bits per heavy atom. The van der Waals surface area contributed by atoms with Gasteiger partial charge in [-0.2, -0.15) is 0 Å². The molecule has 0 aromatic heterocycles. The van der Waals surface area contributed by atoms with E-state index in [0.29, 0.717) is 0 Å². The van der Waals surface area contributed by atoms with E-state index in [0.717, 1.165) is 29.5 Å². The molecule has 1 aliphatic heterocycles. The molecule has 1 fully saturated rings. The summed E-state index contributed by atoms with van der Waals surface area (Å²) in [4.78, 5) is 13.7. The third-order valence-electron chi connectivity index (χ3n) is 3.40. The summed E-state index contributed by atoms with van der Waals surface area (Å²) >= 11 is 3.37. The highest BCUT2D eigenvalue weighted by atomic mass is 79.9. The van der Waals surface area contributed by atoms with Gasteiger partial charge in [0.15, 0.2) is 0 Å². The van der Waals surface area contributed by atoms with E-state index in [9.17, 15) is 4.79 Å². The van der Waals surface area contributed by atoms with Gasteiger partial charge < -0.3 is 10.8 Å². The first-order chi connectivity index (χ1) is 8.61. The number of aliphatic hydroxyl groups is 1. The molecule has 1 heterocycles. The maximum Gasteiger partial charge on any atom is 0.239 e. The van der Waals surface area contributed by atoms with Crippen molar-refractivity contribution in [2.75, 3.05) is 19.7 Å². The molecule has 0 radical (unpaired) electrons. The number of hydrogen-bond donors (Lipinski definition) is 2. The van der Waals surface area contributed by atoms with Gasteiger partial charge in [-0.05, 0) is 36.6 Å². The molecule has 0 bridgehead atoms. The first-order valence-electron chi connectivity index (χ1n) is 6.01. The van der Waals surface area contributed by atoms with Crippen LogP contribution in [-0.4, -0.2) is 35.6 Å². The second-order valence-electron chi connectivity index (χ2n) is 4.69. The lowest BCUT2D eigenvalue weighted by Crippen LogP contribution is -2.36. The van der Waals surface area contributed by atoms with Gasteiger partial charge in [-0.15, -0.1) is 0 Å². The quantitative estimate of drug-likeness (QED) is 0.880. The van der Waals surface area contributed by atoms with E-state index < -0.39 is 6.04 Å². The van der Waals surface area contributed by atoms with Gasteiger partial charge >= 0.3 is 0 Å². The van der Waals surface area contributed by atoms with Crippen LogP contribution in [0.4, 0.5) is 0 Å². The number of nitrogens with two attached hydrogens (primary N) is 1. The van der Waals surface area contributed by atoms with Crippen LogP contribution in [0.15, 0.2) is 28.7 Å². The molecular formula is C13H17BrN2O2. The highest BCUT2D eigenvalue weighted by Crippen LogP contribution is 2.28. The van der Waals surface area contributed by atoms with Gasteiger partial charge in [0.05, 0.1) is 0 Å². The van der Waals surface area contributed by atoms with E-state index in [1.807, 2.05) is 29.2 Å². The number of rotatable bonds is 4. The minimum atomic E-state index is -0.394. The fourth-order valence-corrected chi connectivity index (χ4v) is 2.71. The third-order valence-corrected chi connectivity index (χ3v) is 3.92. The molecule has 3 N–H and O–H groups in total. The number of aliphatic hydroxyl groups excluding tert-OH is 1. The number of amides is 1. The van der Waals surface area contributed by atoms with Crippen LogP contribution in [0.1, 0.15) is 18.0 Å². The molecule has 2 rings (SSSR count). The van der Waals surface area contributed by atoms with Crippen molar-refractivity contribution in [2.24, 2.45) is 11.7 Å². The molecule has 2 atom stereocenters. The second-order valence-corrected chi connectivity index (χ2v) is 5.60. The normalized spacial score (nSPS) is 22.0. The van der Waals surface area contributed by atoms with Gasteiger partial charge in [-0.3, -0.25) is 9.69 Å². The van der Waals surface area contributed by atoms with Crippen LogP contribution in [0.25, 0.3) is 0 Å². The molecular weight excluding hydrogens is 296 g/mol. The monoisotopic (exact) mass is 312 g/mol. The lowest BCUT2D eigenvalue weighted by molar-refractivity contribution is -0.123. The number of nitrogens with zero attached hydrogens (tertiary/aromatic N) is 1. The Morgan fingerprint density at radius 1 is 1.50 bits per heavy atom. The van der Waals surface area contributed by atoms with Crippen LogP contribution in [0.2, 0.25) is 0 Å². The Balaban J connectivity index is 2.19. The second kappa shape index (κ2) is 5.82. The highest BCUT2D eigenvalue weighted by Gasteiger charge is 2.31. The van der Waals surface area contributed by atoms with Gasteiger partial charge in [0.1, 0.15) is 6.04 Å². The van der Waals surface area contributed by atoms with Crippen molar-refractivity contribution < 1.29 is 9.90 Å². The van der Waals surface area contributed by atoms with Crippen molar-refractivity contribution in [3.05, 3.63) is 34.3 Å². The number of likely N-dealkylation sites (tertiary alicyclic amines) is 1. The van der Waals surface area contributed by atoms with Crippen molar-refractivity contribution in [1.29, 1.82) is 0 Å². The first-order valence-corrected chi connectivity index (χ1v) is 6.81. The van der Waals surface area contributed by atoms with Crippen LogP contribution < -0.4 is 5.73 Å². The van der Waals surface area contributed by atoms with E-state index in [4.69, 9.17) is 10.8 Å². The SMILES string of the molecule is NC(=O)C(c1ccc(Br)cc1)N1CCC(CO)C1. The molecule has 18 heavy (non-hydrogen) atoms. The summed E-state index contributed by atoms with van der Waals surface area (Å²) in [5.74, 6) is -0.0850. The lowest BCUT2D eigenvalue weighted by Gasteiger charge is -2.25. The zero-order chi connectivity index (χ0) is 13.1. The van der Waals surface area contributed by atoms with Crippen LogP contribution >= 0.6 is 15.9 Å². The molecule has 0 aliphatic carbocycles. The molecule has 1 amide bonds. The zero-order valence-electron chi connectivity index (χ0n) is 10.1. The molecule has 1 aromatic carbocycles. The third kappa shape index (κ3) is 2.91. The highest BCUT2D eigenvalue weighted by molar-refractivity contribution is 9.10. The molecule has 4 nitrogen and oxygen atoms in total. The molecule has 1 saturated heterocycles. The minimum Gasteiger partial charge on any atom is -0.396 e. The summed E-state index contributed by atoms with van der Waals surface area (Å²) < 4.78 is 0.976. The molecule has 5 heteroatoms. The number of benzene rings is 1.